The number of methoxy groups -OCH3 is 1. The van der Waals surface area contributed by atoms with Gasteiger partial charge in [0.1, 0.15) is 30.2 Å². The molecule has 1 unspecified atom stereocenters. The summed E-state index contributed by atoms with van der Waals surface area (Å²) in [5, 5.41) is 54.1. The van der Waals surface area contributed by atoms with Gasteiger partial charge in [0, 0.05) is 68.3 Å². The second-order valence-electron chi connectivity index (χ2n) is 14.3. The number of nitrogens with one attached hydrogen (secondary N) is 1. The molecule has 1 aromatic heterocycles. The van der Waals surface area contributed by atoms with E-state index in [1.165, 1.54) is 4.90 Å². The molecular weight excluding hydrogens is 686 g/mol. The van der Waals surface area contributed by atoms with Crippen LogP contribution in [0, 0.1) is 0 Å². The number of amides is 1. The van der Waals surface area contributed by atoms with E-state index in [0.717, 1.165) is 65.7 Å². The quantitative estimate of drug-likeness (QED) is 0.0820. The molecule has 2 saturated carbocycles. The van der Waals surface area contributed by atoms with Crippen LogP contribution in [0.5, 0.6) is 5.75 Å². The Hall–Kier alpha value is -3.13. The maximum atomic E-state index is 13.3. The number of para-hydroxylation sites is 1. The van der Waals surface area contributed by atoms with Crippen molar-refractivity contribution in [3.63, 3.8) is 0 Å². The van der Waals surface area contributed by atoms with E-state index in [-0.39, 0.29) is 30.3 Å². The monoisotopic (exact) mass is 739 g/mol. The number of carbonyl (C=O) groups is 1. The highest BCUT2D eigenvalue weighted by atomic mass is 35.5. The van der Waals surface area contributed by atoms with Crippen LogP contribution in [-0.4, -0.2) is 105 Å². The van der Waals surface area contributed by atoms with Crippen LogP contribution in [0.25, 0.3) is 11.1 Å². The molecule has 5 rings (SSSR count). The lowest BCUT2D eigenvalue weighted by Crippen LogP contribution is -2.50. The summed E-state index contributed by atoms with van der Waals surface area (Å²) < 4.78 is 11.4. The van der Waals surface area contributed by atoms with E-state index in [2.05, 4.69) is 35.4 Å². The average molecular weight is 740 g/mol. The van der Waals surface area contributed by atoms with Gasteiger partial charge >= 0.3 is 0 Å². The molecule has 0 saturated heterocycles. The Bertz CT molecular complexity index is 1600. The van der Waals surface area contributed by atoms with Gasteiger partial charge in [0.15, 0.2) is 0 Å². The first-order chi connectivity index (χ1) is 25.1. The van der Waals surface area contributed by atoms with Gasteiger partial charge < -0.3 is 45.2 Å². The minimum absolute atomic E-state index is 0.149. The van der Waals surface area contributed by atoms with E-state index in [9.17, 15) is 25.2 Å². The molecule has 2 aromatic carbocycles. The number of pyridine rings is 1. The summed E-state index contributed by atoms with van der Waals surface area (Å²) >= 11 is 6.73. The molecule has 3 aromatic rings. The first-order valence-corrected chi connectivity index (χ1v) is 18.8. The Morgan fingerprint density at radius 1 is 1.04 bits per heavy atom. The zero-order valence-corrected chi connectivity index (χ0v) is 30.9. The Balaban J connectivity index is 1.18. The fraction of sp³-hybridized carbons (Fsp3) is 0.550. The SMILES string of the molecule is COCCCN(C[C@H](O)[C@@H](O)[C@H](O)[C@H](O)CO)C(=O)CCCC(C)c1ccc(Cl)c(CNC2(c3cnccc3-c3ccccc3OC3CC3)CC2)c1. The van der Waals surface area contributed by atoms with Gasteiger partial charge in [-0.3, -0.25) is 9.78 Å². The number of hydrogen-bond donors (Lipinski definition) is 6. The second kappa shape index (κ2) is 18.8. The van der Waals surface area contributed by atoms with Gasteiger partial charge in [-0.1, -0.05) is 48.9 Å². The molecule has 2 aliphatic rings. The third-order valence-corrected chi connectivity index (χ3v) is 10.6. The minimum Gasteiger partial charge on any atom is -0.490 e. The summed E-state index contributed by atoms with van der Waals surface area (Å²) in [4.78, 5) is 19.2. The Morgan fingerprint density at radius 3 is 2.50 bits per heavy atom. The zero-order chi connectivity index (χ0) is 37.3. The number of carbonyl (C=O) groups excluding carboxylic acids is 1. The molecular formula is C40H54ClN3O8. The molecule has 2 aliphatic carbocycles. The lowest BCUT2D eigenvalue weighted by molar-refractivity contribution is -0.140. The summed E-state index contributed by atoms with van der Waals surface area (Å²) in [6.45, 7) is 2.41. The zero-order valence-electron chi connectivity index (χ0n) is 30.2. The number of rotatable bonds is 22. The number of halogens is 1. The smallest absolute Gasteiger partial charge is 0.222 e. The van der Waals surface area contributed by atoms with Crippen molar-refractivity contribution < 1.29 is 39.8 Å². The molecule has 1 amide bonds. The Morgan fingerprint density at radius 2 is 1.79 bits per heavy atom. The third-order valence-electron chi connectivity index (χ3n) is 10.2. The maximum Gasteiger partial charge on any atom is 0.222 e. The topological polar surface area (TPSA) is 165 Å². The van der Waals surface area contributed by atoms with Crippen molar-refractivity contribution in [3.05, 3.63) is 82.6 Å². The Labute approximate surface area is 311 Å². The molecule has 11 nitrogen and oxygen atoms in total. The minimum atomic E-state index is -1.76. The first-order valence-electron chi connectivity index (χ1n) is 18.4. The molecule has 12 heteroatoms. The van der Waals surface area contributed by atoms with Crippen molar-refractivity contribution in [2.24, 2.45) is 0 Å². The standard InChI is InChI=1S/C40H54ClN3O8/c1-26(7-5-10-37(48)44(19-6-20-51-2)24-34(46)38(49)39(50)35(47)25-45)27-11-14-33(41)28(21-27)22-43-40(16-17-40)32-23-42-18-15-30(32)31-8-3-4-9-36(31)52-29-12-13-29/h3-4,8-9,11,14-15,18,21,23,26,29,34-35,38-39,43,45-47,49-50H,5-7,10,12-13,16-17,19-20,22,24-25H2,1-2H3/t26?,34-,35+,38+,39+/m0/s1. The summed E-state index contributed by atoms with van der Waals surface area (Å²) in [7, 11) is 1.56. The van der Waals surface area contributed by atoms with Gasteiger partial charge in [0.2, 0.25) is 5.91 Å². The van der Waals surface area contributed by atoms with Crippen LogP contribution in [0.15, 0.2) is 60.9 Å². The number of aliphatic hydroxyl groups excluding tert-OH is 5. The molecule has 0 bridgehead atoms. The molecule has 0 spiro atoms. The molecule has 2 fully saturated rings. The van der Waals surface area contributed by atoms with E-state index < -0.39 is 31.0 Å². The van der Waals surface area contributed by atoms with Gasteiger partial charge in [-0.15, -0.1) is 0 Å². The number of aliphatic hydroxyl groups is 5. The lowest BCUT2D eigenvalue weighted by Gasteiger charge is -2.30. The number of hydrogen-bond acceptors (Lipinski definition) is 10. The molecule has 6 N–H and O–H groups in total. The third kappa shape index (κ3) is 10.5. The van der Waals surface area contributed by atoms with Crippen molar-refractivity contribution in [1.29, 1.82) is 0 Å². The molecule has 1 heterocycles. The highest BCUT2D eigenvalue weighted by molar-refractivity contribution is 6.31. The second-order valence-corrected chi connectivity index (χ2v) is 14.7. The summed E-state index contributed by atoms with van der Waals surface area (Å²) in [5.41, 5.74) is 5.28. The molecule has 52 heavy (non-hydrogen) atoms. The largest absolute Gasteiger partial charge is 0.490 e. The van der Waals surface area contributed by atoms with Crippen molar-refractivity contribution in [1.82, 2.24) is 15.2 Å². The van der Waals surface area contributed by atoms with Crippen LogP contribution in [0.4, 0.5) is 0 Å². The summed E-state index contributed by atoms with van der Waals surface area (Å²) in [6, 6.07) is 16.4. The predicted octanol–water partition coefficient (Wildman–Crippen LogP) is 4.30. The van der Waals surface area contributed by atoms with Crippen LogP contribution >= 0.6 is 11.6 Å². The van der Waals surface area contributed by atoms with Crippen LogP contribution in [0.3, 0.4) is 0 Å². The highest BCUT2D eigenvalue weighted by Crippen LogP contribution is 2.50. The van der Waals surface area contributed by atoms with Gasteiger partial charge in [0.25, 0.3) is 0 Å². The maximum absolute atomic E-state index is 13.3. The predicted molar refractivity (Wildman–Crippen MR) is 199 cm³/mol. The molecule has 0 aliphatic heterocycles. The number of nitrogens with zero attached hydrogens (tertiary/aromatic N) is 2. The van der Waals surface area contributed by atoms with E-state index in [0.29, 0.717) is 43.7 Å². The van der Waals surface area contributed by atoms with Crippen LogP contribution in [0.2, 0.25) is 5.02 Å². The first kappa shape index (κ1) is 40.1. The van der Waals surface area contributed by atoms with Crippen LogP contribution in [0.1, 0.15) is 80.9 Å². The van der Waals surface area contributed by atoms with Gasteiger partial charge in [-0.25, -0.2) is 0 Å². The fourth-order valence-electron chi connectivity index (χ4n) is 6.63. The highest BCUT2D eigenvalue weighted by Gasteiger charge is 2.46. The van der Waals surface area contributed by atoms with Crippen molar-refractivity contribution in [2.75, 3.05) is 33.4 Å². The summed E-state index contributed by atoms with van der Waals surface area (Å²) in [5.74, 6) is 0.861. The van der Waals surface area contributed by atoms with Crippen molar-refractivity contribution in [3.8, 4) is 16.9 Å². The average Bonchev–Trinajstić information content (AvgIpc) is 4.11. The molecule has 5 atom stereocenters. The number of aromatic nitrogens is 1. The van der Waals surface area contributed by atoms with Crippen LogP contribution in [-0.2, 0) is 21.6 Å². The lowest BCUT2D eigenvalue weighted by atomic mass is 9.93. The van der Waals surface area contributed by atoms with Crippen LogP contribution < -0.4 is 10.1 Å². The summed E-state index contributed by atoms with van der Waals surface area (Å²) in [6.07, 6.45) is 3.74. The fourth-order valence-corrected chi connectivity index (χ4v) is 6.82. The normalized spacial score (nSPS) is 17.9. The number of ether oxygens (including phenoxy) is 2. The van der Waals surface area contributed by atoms with Gasteiger partial charge in [-0.2, -0.15) is 0 Å². The van der Waals surface area contributed by atoms with E-state index >= 15 is 0 Å². The van der Waals surface area contributed by atoms with Crippen molar-refractivity contribution >= 4 is 17.5 Å². The van der Waals surface area contributed by atoms with E-state index in [4.69, 9.17) is 26.2 Å². The van der Waals surface area contributed by atoms with Crippen molar-refractivity contribution in [2.45, 2.75) is 107 Å². The molecule has 0 radical (unpaired) electrons. The number of benzene rings is 2. The van der Waals surface area contributed by atoms with E-state index in [1.54, 1.807) is 7.11 Å². The Kier molecular flexibility index (Phi) is 14.5. The van der Waals surface area contributed by atoms with Gasteiger partial charge in [-0.05, 0) is 91.3 Å². The van der Waals surface area contributed by atoms with E-state index in [1.807, 2.05) is 42.7 Å². The van der Waals surface area contributed by atoms with Gasteiger partial charge in [0.05, 0.1) is 12.7 Å². The molecule has 284 valence electrons.